The van der Waals surface area contributed by atoms with Crippen LogP contribution < -0.4 is 10.3 Å². The summed E-state index contributed by atoms with van der Waals surface area (Å²) in [5.41, 5.74) is 0.735. The highest BCUT2D eigenvalue weighted by Gasteiger charge is 2.16. The average Bonchev–Trinajstić information content (AvgIpc) is 3.50. The van der Waals surface area contributed by atoms with E-state index in [0.717, 1.165) is 4.88 Å². The molecule has 166 valence electrons. The van der Waals surface area contributed by atoms with Crippen LogP contribution in [0.15, 0.2) is 80.5 Å². The molecule has 0 saturated heterocycles. The highest BCUT2D eigenvalue weighted by atomic mass is 32.2. The van der Waals surface area contributed by atoms with Crippen LogP contribution in [0.25, 0.3) is 27.4 Å². The van der Waals surface area contributed by atoms with Gasteiger partial charge >= 0.3 is 6.61 Å². The Morgan fingerprint density at radius 1 is 1.06 bits per heavy atom. The number of thiophene rings is 1. The summed E-state index contributed by atoms with van der Waals surface area (Å²) in [5, 5.41) is 6.78. The molecule has 3 aromatic heterocycles. The van der Waals surface area contributed by atoms with Gasteiger partial charge in [0.25, 0.3) is 11.4 Å². The minimum atomic E-state index is -2.93. The van der Waals surface area contributed by atoms with Gasteiger partial charge in [0.05, 0.1) is 27.2 Å². The number of rotatable bonds is 7. The summed E-state index contributed by atoms with van der Waals surface area (Å²) in [6, 6.07) is 16.6. The minimum absolute atomic E-state index is 0.00217. The first-order chi connectivity index (χ1) is 16.1. The van der Waals surface area contributed by atoms with E-state index in [-0.39, 0.29) is 11.3 Å². The van der Waals surface area contributed by atoms with E-state index in [1.807, 2.05) is 17.5 Å². The fourth-order valence-corrected chi connectivity index (χ4v) is 4.66. The molecule has 0 aliphatic carbocycles. The molecule has 11 heteroatoms. The first kappa shape index (κ1) is 21.3. The van der Waals surface area contributed by atoms with Crippen LogP contribution in [0.5, 0.6) is 5.75 Å². The van der Waals surface area contributed by atoms with Gasteiger partial charge in [0.15, 0.2) is 11.0 Å². The summed E-state index contributed by atoms with van der Waals surface area (Å²) < 4.78 is 36.1. The number of benzene rings is 2. The number of ether oxygens (including phenoxy) is 1. The van der Waals surface area contributed by atoms with Gasteiger partial charge in [-0.1, -0.05) is 35.1 Å². The molecule has 0 N–H and O–H groups in total. The number of halogens is 2. The first-order valence-electron chi connectivity index (χ1n) is 9.65. The van der Waals surface area contributed by atoms with Crippen molar-refractivity contribution in [2.75, 3.05) is 0 Å². The number of alkyl halides is 2. The molecule has 0 spiro atoms. The maximum Gasteiger partial charge on any atom is 0.387 e. The van der Waals surface area contributed by atoms with Crippen LogP contribution in [0.3, 0.4) is 0 Å². The molecule has 0 amide bonds. The zero-order chi connectivity index (χ0) is 22.8. The monoisotopic (exact) mass is 484 g/mol. The predicted octanol–water partition coefficient (Wildman–Crippen LogP) is 5.39. The van der Waals surface area contributed by atoms with E-state index in [2.05, 4.69) is 19.9 Å². The predicted molar refractivity (Wildman–Crippen MR) is 121 cm³/mol. The largest absolute Gasteiger partial charge is 0.435 e. The molecular weight excluding hydrogens is 470 g/mol. The molecule has 3 heterocycles. The Bertz CT molecular complexity index is 1450. The Hall–Kier alpha value is -3.57. The highest BCUT2D eigenvalue weighted by molar-refractivity contribution is 7.98. The normalized spacial score (nSPS) is 11.4. The van der Waals surface area contributed by atoms with Gasteiger partial charge in [-0.05, 0) is 47.8 Å². The van der Waals surface area contributed by atoms with E-state index in [1.165, 1.54) is 51.9 Å². The lowest BCUT2D eigenvalue weighted by Gasteiger charge is -2.13. The van der Waals surface area contributed by atoms with Crippen LogP contribution in [0.4, 0.5) is 8.78 Å². The summed E-state index contributed by atoms with van der Waals surface area (Å²) in [5.74, 6) is 1.20. The summed E-state index contributed by atoms with van der Waals surface area (Å²) in [4.78, 5) is 23.2. The van der Waals surface area contributed by atoms with Crippen molar-refractivity contribution in [3.63, 3.8) is 0 Å². The second-order valence-electron chi connectivity index (χ2n) is 6.71. The summed E-state index contributed by atoms with van der Waals surface area (Å²) >= 11 is 2.76. The number of fused-ring (bicyclic) bond motifs is 1. The van der Waals surface area contributed by atoms with Crippen molar-refractivity contribution in [2.24, 2.45) is 0 Å². The number of hydrogen-bond donors (Lipinski definition) is 0. The Balaban J connectivity index is 1.50. The highest BCUT2D eigenvalue weighted by Crippen LogP contribution is 2.27. The van der Waals surface area contributed by atoms with Gasteiger partial charge < -0.3 is 9.26 Å². The Morgan fingerprint density at radius 2 is 1.88 bits per heavy atom. The maximum atomic E-state index is 13.3. The fraction of sp³-hybridized carbons (Fsp3) is 0.0909. The van der Waals surface area contributed by atoms with Crippen molar-refractivity contribution < 1.29 is 18.0 Å². The van der Waals surface area contributed by atoms with Gasteiger partial charge in [-0.25, -0.2) is 4.98 Å². The third kappa shape index (κ3) is 4.50. The van der Waals surface area contributed by atoms with Gasteiger partial charge in [-0.15, -0.1) is 11.3 Å². The van der Waals surface area contributed by atoms with E-state index in [0.29, 0.717) is 39.2 Å². The summed E-state index contributed by atoms with van der Waals surface area (Å²) in [6.07, 6.45) is 0. The molecule has 0 aliphatic rings. The van der Waals surface area contributed by atoms with Crippen LogP contribution >= 0.6 is 23.1 Å². The molecule has 2 aromatic carbocycles. The maximum absolute atomic E-state index is 13.3. The van der Waals surface area contributed by atoms with Gasteiger partial charge in [0, 0.05) is 0 Å². The smallest absolute Gasteiger partial charge is 0.387 e. The second kappa shape index (κ2) is 9.12. The van der Waals surface area contributed by atoms with Crippen molar-refractivity contribution in [3.05, 3.63) is 82.2 Å². The van der Waals surface area contributed by atoms with Crippen molar-refractivity contribution in [1.82, 2.24) is 19.7 Å². The molecule has 0 aliphatic heterocycles. The molecule has 0 atom stereocenters. The summed E-state index contributed by atoms with van der Waals surface area (Å²) in [6.45, 7) is -2.93. The van der Waals surface area contributed by atoms with Gasteiger partial charge in [0.2, 0.25) is 0 Å². The Kier molecular flexibility index (Phi) is 5.88. The van der Waals surface area contributed by atoms with Crippen LogP contribution in [0, 0.1) is 0 Å². The number of nitrogens with zero attached hydrogens (tertiary/aromatic N) is 4. The lowest BCUT2D eigenvalue weighted by molar-refractivity contribution is -0.0498. The number of hydrogen-bond acceptors (Lipinski definition) is 8. The lowest BCUT2D eigenvalue weighted by Crippen LogP contribution is -2.21. The molecule has 0 radical (unpaired) electrons. The first-order valence-corrected chi connectivity index (χ1v) is 11.5. The third-order valence-electron chi connectivity index (χ3n) is 4.60. The van der Waals surface area contributed by atoms with E-state index < -0.39 is 6.61 Å². The zero-order valence-corrected chi connectivity index (χ0v) is 18.4. The van der Waals surface area contributed by atoms with Gasteiger partial charge in [-0.3, -0.25) is 9.36 Å². The minimum Gasteiger partial charge on any atom is -0.435 e. The van der Waals surface area contributed by atoms with Crippen molar-refractivity contribution in [2.45, 2.75) is 17.5 Å². The average molecular weight is 485 g/mol. The molecule has 5 aromatic rings. The van der Waals surface area contributed by atoms with Crippen LogP contribution in [0.1, 0.15) is 5.82 Å². The molecule has 0 saturated carbocycles. The second-order valence-corrected chi connectivity index (χ2v) is 8.60. The molecule has 33 heavy (non-hydrogen) atoms. The van der Waals surface area contributed by atoms with E-state index in [9.17, 15) is 13.6 Å². The SMILES string of the molecule is O=c1c2ccccc2nc(SCc2noc(-c3cccs3)n2)n1-c1ccc(OC(F)F)cc1. The van der Waals surface area contributed by atoms with E-state index in [1.54, 1.807) is 24.3 Å². The van der Waals surface area contributed by atoms with Crippen molar-refractivity contribution in [1.29, 1.82) is 0 Å². The standard InChI is InChI=1S/C22H14F2N4O3S2/c23-21(24)30-14-9-7-13(8-10-14)28-20(29)15-4-1-2-5-16(15)25-22(28)33-12-18-26-19(31-27-18)17-6-3-11-32-17/h1-11,21H,12H2. The van der Waals surface area contributed by atoms with Crippen LogP contribution in [-0.2, 0) is 5.75 Å². The fourth-order valence-electron chi connectivity index (χ4n) is 3.16. The van der Waals surface area contributed by atoms with Crippen molar-refractivity contribution >= 4 is 34.0 Å². The number of para-hydroxylation sites is 1. The summed E-state index contributed by atoms with van der Waals surface area (Å²) in [7, 11) is 0. The Labute approximate surface area is 193 Å². The van der Waals surface area contributed by atoms with Gasteiger partial charge in [0.1, 0.15) is 5.75 Å². The molecule has 0 fully saturated rings. The van der Waals surface area contributed by atoms with Crippen LogP contribution in [0.2, 0.25) is 0 Å². The molecular formula is C22H14F2N4O3S2. The third-order valence-corrected chi connectivity index (χ3v) is 6.39. The Morgan fingerprint density at radius 3 is 2.64 bits per heavy atom. The van der Waals surface area contributed by atoms with Crippen LogP contribution in [-0.4, -0.2) is 26.3 Å². The van der Waals surface area contributed by atoms with Gasteiger partial charge in [-0.2, -0.15) is 13.8 Å². The number of thioether (sulfide) groups is 1. The zero-order valence-electron chi connectivity index (χ0n) is 16.7. The molecule has 0 unspecified atom stereocenters. The van der Waals surface area contributed by atoms with Crippen molar-refractivity contribution in [3.8, 4) is 22.2 Å². The lowest BCUT2D eigenvalue weighted by atomic mass is 10.2. The van der Waals surface area contributed by atoms with E-state index in [4.69, 9.17) is 4.52 Å². The quantitative estimate of drug-likeness (QED) is 0.226. The molecule has 7 nitrogen and oxygen atoms in total. The molecule has 0 bridgehead atoms. The van der Waals surface area contributed by atoms with E-state index >= 15 is 0 Å². The topological polar surface area (TPSA) is 83.0 Å². The number of aromatic nitrogens is 4. The molecule has 5 rings (SSSR count).